The van der Waals surface area contributed by atoms with Crippen molar-refractivity contribution in [1.82, 2.24) is 15.5 Å². The van der Waals surface area contributed by atoms with Crippen molar-refractivity contribution in [2.24, 2.45) is 0 Å². The Bertz CT molecular complexity index is 644. The molecule has 2 rings (SSSR count). The highest BCUT2D eigenvalue weighted by Crippen LogP contribution is 2.43. The number of allylic oxidation sites excluding steroid dienone is 1. The number of hydrogen-bond acceptors (Lipinski definition) is 6. The average molecular weight is 303 g/mol. The highest BCUT2D eigenvalue weighted by Gasteiger charge is 2.67. The number of rotatable bonds is 2. The van der Waals surface area contributed by atoms with Crippen molar-refractivity contribution < 1.29 is 18.0 Å². The molecule has 0 fully saturated rings. The van der Waals surface area contributed by atoms with Crippen molar-refractivity contribution in [3.05, 3.63) is 16.3 Å². The lowest BCUT2D eigenvalue weighted by molar-refractivity contribution is -0.174. The Morgan fingerprint density at radius 1 is 1.40 bits per heavy atom. The third-order valence-corrected chi connectivity index (χ3v) is 3.50. The summed E-state index contributed by atoms with van der Waals surface area (Å²) in [5.74, 6) is -1.35. The van der Waals surface area contributed by atoms with Crippen LogP contribution in [0.3, 0.4) is 0 Å². The van der Waals surface area contributed by atoms with Gasteiger partial charge in [-0.1, -0.05) is 11.3 Å². The van der Waals surface area contributed by atoms with E-state index in [4.69, 9.17) is 5.26 Å². The van der Waals surface area contributed by atoms with Gasteiger partial charge in [0.25, 0.3) is 11.4 Å². The van der Waals surface area contributed by atoms with E-state index < -0.39 is 23.2 Å². The molecule has 0 spiro atoms. The molecule has 1 aromatic heterocycles. The van der Waals surface area contributed by atoms with Gasteiger partial charge in [0.1, 0.15) is 5.01 Å². The quantitative estimate of drug-likeness (QED) is 0.863. The molecule has 2 N–H and O–H groups in total. The van der Waals surface area contributed by atoms with E-state index in [2.05, 4.69) is 10.2 Å². The Labute approximate surface area is 115 Å². The van der Waals surface area contributed by atoms with Gasteiger partial charge in [-0.2, -0.15) is 18.4 Å². The first-order chi connectivity index (χ1) is 9.22. The fourth-order valence-corrected chi connectivity index (χ4v) is 2.50. The fraction of sp³-hybridized carbons (Fsp3) is 0.400. The number of nitrogens with one attached hydrogen (secondary N) is 2. The zero-order valence-electron chi connectivity index (χ0n) is 10.3. The van der Waals surface area contributed by atoms with Crippen LogP contribution < -0.4 is 10.6 Å². The smallest absolute Gasteiger partial charge is 0.334 e. The number of halogens is 3. The van der Waals surface area contributed by atoms with Gasteiger partial charge in [-0.25, -0.2) is 0 Å². The van der Waals surface area contributed by atoms with Crippen molar-refractivity contribution in [3.63, 3.8) is 0 Å². The van der Waals surface area contributed by atoms with Crippen LogP contribution in [0.15, 0.2) is 11.3 Å². The number of carbonyl (C=O) groups excluding carboxylic acids is 1. The van der Waals surface area contributed by atoms with Crippen molar-refractivity contribution in [1.29, 1.82) is 5.26 Å². The first-order valence-electron chi connectivity index (χ1n) is 5.30. The summed E-state index contributed by atoms with van der Waals surface area (Å²) in [6.45, 7) is 2.79. The lowest BCUT2D eigenvalue weighted by Gasteiger charge is -2.29. The first kappa shape index (κ1) is 14.3. The maximum Gasteiger partial charge on any atom is 0.425 e. The van der Waals surface area contributed by atoms with Crippen LogP contribution in [0.2, 0.25) is 0 Å². The second-order valence-electron chi connectivity index (χ2n) is 4.06. The second kappa shape index (κ2) is 4.45. The van der Waals surface area contributed by atoms with Gasteiger partial charge in [-0.15, -0.1) is 10.2 Å². The molecule has 6 nitrogen and oxygen atoms in total. The van der Waals surface area contributed by atoms with Gasteiger partial charge >= 0.3 is 6.18 Å². The Morgan fingerprint density at radius 3 is 2.50 bits per heavy atom. The molecule has 2 heterocycles. The average Bonchev–Trinajstić information content (AvgIpc) is 2.82. The largest absolute Gasteiger partial charge is 0.425 e. The topological polar surface area (TPSA) is 90.7 Å². The summed E-state index contributed by atoms with van der Waals surface area (Å²) >= 11 is 0.860. The number of alkyl halides is 3. The molecule has 0 saturated carbocycles. The summed E-state index contributed by atoms with van der Waals surface area (Å²) in [4.78, 5) is 11.8. The molecule has 1 atom stereocenters. The molecule has 0 aliphatic carbocycles. The predicted octanol–water partition coefficient (Wildman–Crippen LogP) is 1.49. The van der Waals surface area contributed by atoms with Gasteiger partial charge in [-0.05, 0) is 13.8 Å². The Kier molecular flexibility index (Phi) is 3.17. The summed E-state index contributed by atoms with van der Waals surface area (Å²) < 4.78 is 40.3. The van der Waals surface area contributed by atoms with E-state index >= 15 is 0 Å². The lowest BCUT2D eigenvalue weighted by atomic mass is 9.90. The number of nitrogens with zero attached hydrogens (tertiary/aromatic N) is 3. The Morgan fingerprint density at radius 2 is 2.05 bits per heavy atom. The number of aryl methyl sites for hydroxylation is 1. The van der Waals surface area contributed by atoms with Gasteiger partial charge in [0.2, 0.25) is 5.13 Å². The summed E-state index contributed by atoms with van der Waals surface area (Å²) in [5.41, 5.74) is -3.98. The molecule has 1 aliphatic heterocycles. The minimum absolute atomic E-state index is 0.136. The van der Waals surface area contributed by atoms with Gasteiger partial charge in [0.15, 0.2) is 0 Å². The Balaban J connectivity index is 2.58. The van der Waals surface area contributed by atoms with Crippen LogP contribution in [-0.2, 0) is 4.79 Å². The molecule has 0 unspecified atom stereocenters. The first-order valence-corrected chi connectivity index (χ1v) is 6.12. The van der Waals surface area contributed by atoms with E-state index in [1.54, 1.807) is 6.92 Å². The monoisotopic (exact) mass is 303 g/mol. The van der Waals surface area contributed by atoms with Crippen LogP contribution in [0.1, 0.15) is 11.9 Å². The minimum atomic E-state index is -5.00. The molecular weight excluding hydrogens is 295 g/mol. The van der Waals surface area contributed by atoms with E-state index in [1.807, 2.05) is 10.6 Å². The van der Waals surface area contributed by atoms with E-state index in [9.17, 15) is 18.0 Å². The molecule has 10 heteroatoms. The van der Waals surface area contributed by atoms with E-state index in [-0.39, 0.29) is 10.8 Å². The summed E-state index contributed by atoms with van der Waals surface area (Å²) in [6.07, 6.45) is -5.00. The highest BCUT2D eigenvalue weighted by atomic mass is 32.1. The molecule has 0 radical (unpaired) electrons. The molecule has 1 aliphatic rings. The van der Waals surface area contributed by atoms with Crippen LogP contribution in [0.25, 0.3) is 0 Å². The number of carbonyl (C=O) groups is 1. The van der Waals surface area contributed by atoms with Crippen molar-refractivity contribution >= 4 is 22.4 Å². The van der Waals surface area contributed by atoms with Gasteiger partial charge in [0, 0.05) is 5.70 Å². The maximum absolute atomic E-state index is 13.4. The molecule has 0 bridgehead atoms. The van der Waals surface area contributed by atoms with Crippen molar-refractivity contribution in [2.45, 2.75) is 25.6 Å². The normalized spacial score (nSPS) is 22.7. The number of hydrogen-bond donors (Lipinski definition) is 2. The molecular formula is C10H8F3N5OS. The van der Waals surface area contributed by atoms with Crippen LogP contribution in [-0.4, -0.2) is 27.8 Å². The summed E-state index contributed by atoms with van der Waals surface area (Å²) in [7, 11) is 0. The van der Waals surface area contributed by atoms with E-state index in [1.165, 1.54) is 13.0 Å². The van der Waals surface area contributed by atoms with E-state index in [0.717, 1.165) is 11.3 Å². The van der Waals surface area contributed by atoms with Crippen LogP contribution in [0, 0.1) is 18.3 Å². The minimum Gasteiger partial charge on any atom is -0.334 e. The van der Waals surface area contributed by atoms with Crippen LogP contribution >= 0.6 is 11.3 Å². The number of amides is 1. The summed E-state index contributed by atoms with van der Waals surface area (Å²) in [6, 6.07) is 1.44. The zero-order valence-corrected chi connectivity index (χ0v) is 11.1. The van der Waals surface area contributed by atoms with Crippen LogP contribution in [0.5, 0.6) is 0 Å². The fourth-order valence-electron chi connectivity index (χ4n) is 1.86. The van der Waals surface area contributed by atoms with Gasteiger partial charge < -0.3 is 10.6 Å². The van der Waals surface area contributed by atoms with E-state index in [0.29, 0.717) is 5.01 Å². The van der Waals surface area contributed by atoms with Gasteiger partial charge in [0.05, 0.1) is 11.6 Å². The SMILES string of the molecule is CC1=C(C#N)[C@@](Nc2nnc(C)s2)(C(F)(F)F)C(=O)N1. The number of anilines is 1. The second-order valence-corrected chi connectivity index (χ2v) is 5.25. The number of nitriles is 1. The zero-order chi connectivity index (χ0) is 15.1. The highest BCUT2D eigenvalue weighted by molar-refractivity contribution is 7.15. The predicted molar refractivity (Wildman–Crippen MR) is 63.5 cm³/mol. The number of aromatic nitrogens is 2. The molecule has 20 heavy (non-hydrogen) atoms. The molecule has 1 amide bonds. The maximum atomic E-state index is 13.4. The molecule has 0 aromatic carbocycles. The summed E-state index contributed by atoms with van der Waals surface area (Å²) in [5, 5.41) is 20.4. The van der Waals surface area contributed by atoms with Gasteiger partial charge in [-0.3, -0.25) is 4.79 Å². The van der Waals surface area contributed by atoms with Crippen LogP contribution in [0.4, 0.5) is 18.3 Å². The van der Waals surface area contributed by atoms with Crippen molar-refractivity contribution in [2.75, 3.05) is 5.32 Å². The Hall–Kier alpha value is -2.15. The van der Waals surface area contributed by atoms with Crippen molar-refractivity contribution in [3.8, 4) is 6.07 Å². The third kappa shape index (κ3) is 1.90. The standard InChI is InChI=1S/C10H8F3N5OS/c1-4-6(3-14)9(7(19)15-4,10(11,12)13)16-8-18-17-5(2)20-8/h1-2H3,(H,15,19)(H,16,18)/t9-/m0/s1. The molecule has 0 saturated heterocycles. The third-order valence-electron chi connectivity index (χ3n) is 2.75. The molecule has 106 valence electrons. The lowest BCUT2D eigenvalue weighted by Crippen LogP contribution is -2.59. The molecule has 1 aromatic rings.